The predicted molar refractivity (Wildman–Crippen MR) is 215 cm³/mol. The highest BCUT2D eigenvalue weighted by atomic mass is 32.1. The summed E-state index contributed by atoms with van der Waals surface area (Å²) in [5.41, 5.74) is 8.29. The van der Waals surface area contributed by atoms with Crippen LogP contribution in [0.15, 0.2) is 176 Å². The lowest BCUT2D eigenvalue weighted by Crippen LogP contribution is -2.09. The third-order valence-corrected chi connectivity index (χ3v) is 12.0. The normalized spacial score (nSPS) is 11.7. The molecular formula is C46H29NS2. The average molecular weight is 660 g/mol. The molecule has 230 valence electrons. The van der Waals surface area contributed by atoms with Gasteiger partial charge in [-0.15, -0.1) is 22.7 Å². The molecule has 0 atom stereocenters. The third kappa shape index (κ3) is 4.90. The lowest BCUT2D eigenvalue weighted by molar-refractivity contribution is 1.29. The largest absolute Gasteiger partial charge is 0.310 e. The predicted octanol–water partition coefficient (Wildman–Crippen LogP) is 14.4. The fourth-order valence-electron chi connectivity index (χ4n) is 7.18. The van der Waals surface area contributed by atoms with Gasteiger partial charge in [0.05, 0.1) is 0 Å². The van der Waals surface area contributed by atoms with Crippen molar-refractivity contribution >= 4 is 90.9 Å². The van der Waals surface area contributed by atoms with Crippen molar-refractivity contribution in [2.24, 2.45) is 0 Å². The summed E-state index contributed by atoms with van der Waals surface area (Å²) in [6.45, 7) is 0. The number of nitrogens with zero attached hydrogens (tertiary/aromatic N) is 1. The summed E-state index contributed by atoms with van der Waals surface area (Å²) in [4.78, 5) is 2.37. The molecule has 0 fully saturated rings. The maximum Gasteiger partial charge on any atom is 0.0468 e. The molecule has 0 unspecified atom stereocenters. The van der Waals surface area contributed by atoms with Crippen molar-refractivity contribution in [2.75, 3.05) is 4.90 Å². The highest BCUT2D eigenvalue weighted by Gasteiger charge is 2.15. The summed E-state index contributed by atoms with van der Waals surface area (Å²) < 4.78 is 5.33. The van der Waals surface area contributed by atoms with E-state index < -0.39 is 0 Å². The number of rotatable bonds is 5. The van der Waals surface area contributed by atoms with E-state index in [1.807, 2.05) is 22.7 Å². The van der Waals surface area contributed by atoms with Crippen LogP contribution in [0.2, 0.25) is 0 Å². The van der Waals surface area contributed by atoms with E-state index in [9.17, 15) is 0 Å². The van der Waals surface area contributed by atoms with Gasteiger partial charge in [0.2, 0.25) is 0 Å². The topological polar surface area (TPSA) is 3.24 Å². The van der Waals surface area contributed by atoms with E-state index in [1.165, 1.54) is 73.4 Å². The van der Waals surface area contributed by atoms with Gasteiger partial charge in [-0.25, -0.2) is 0 Å². The standard InChI is InChI=1S/C46H29NS2/c1-2-8-33-27-38(24-17-30(33)7-1)47(36-20-13-31(14-21-36)34-18-25-45-41(28-34)39-9-3-5-11-43(39)48-45)37-22-15-32(16-23-37)35-19-26-46-42(29-35)40-10-4-6-12-44(40)49-46/h1-29H. The van der Waals surface area contributed by atoms with Crippen LogP contribution in [0, 0.1) is 0 Å². The zero-order valence-corrected chi connectivity index (χ0v) is 28.1. The summed E-state index contributed by atoms with van der Waals surface area (Å²) in [6.07, 6.45) is 0. The van der Waals surface area contributed by atoms with Crippen LogP contribution in [0.3, 0.4) is 0 Å². The van der Waals surface area contributed by atoms with Crippen LogP contribution < -0.4 is 4.90 Å². The fraction of sp³-hybridized carbons (Fsp3) is 0. The molecule has 3 heteroatoms. The summed E-state index contributed by atoms with van der Waals surface area (Å²) in [5, 5.41) is 7.78. The quantitative estimate of drug-likeness (QED) is 0.178. The molecule has 0 amide bonds. The Kier molecular flexibility index (Phi) is 6.61. The average Bonchev–Trinajstić information content (AvgIpc) is 3.73. The van der Waals surface area contributed by atoms with E-state index in [4.69, 9.17) is 0 Å². The minimum absolute atomic E-state index is 1.13. The van der Waals surface area contributed by atoms with Gasteiger partial charge in [0, 0.05) is 57.4 Å². The van der Waals surface area contributed by atoms with E-state index in [0.29, 0.717) is 0 Å². The number of hydrogen-bond donors (Lipinski definition) is 0. The molecule has 0 aliphatic rings. The van der Waals surface area contributed by atoms with Gasteiger partial charge in [-0.2, -0.15) is 0 Å². The minimum Gasteiger partial charge on any atom is -0.310 e. The first-order valence-electron chi connectivity index (χ1n) is 16.6. The number of benzene rings is 8. The molecule has 0 saturated carbocycles. The van der Waals surface area contributed by atoms with Crippen molar-refractivity contribution in [3.05, 3.63) is 176 Å². The van der Waals surface area contributed by atoms with Crippen LogP contribution in [0.25, 0.3) is 73.4 Å². The first kappa shape index (κ1) is 28.3. The molecule has 49 heavy (non-hydrogen) atoms. The van der Waals surface area contributed by atoms with Crippen molar-refractivity contribution in [3.63, 3.8) is 0 Å². The highest BCUT2D eigenvalue weighted by Crippen LogP contribution is 2.41. The van der Waals surface area contributed by atoms with E-state index in [-0.39, 0.29) is 0 Å². The van der Waals surface area contributed by atoms with Crippen LogP contribution in [0.4, 0.5) is 17.1 Å². The van der Waals surface area contributed by atoms with Crippen LogP contribution in [0.5, 0.6) is 0 Å². The van der Waals surface area contributed by atoms with Crippen LogP contribution in [0.1, 0.15) is 0 Å². The van der Waals surface area contributed by atoms with Crippen LogP contribution >= 0.6 is 22.7 Å². The molecule has 0 radical (unpaired) electrons. The number of anilines is 3. The van der Waals surface area contributed by atoms with Crippen LogP contribution in [-0.4, -0.2) is 0 Å². The third-order valence-electron chi connectivity index (χ3n) is 9.66. The summed E-state index contributed by atoms with van der Waals surface area (Å²) >= 11 is 3.72. The van der Waals surface area contributed by atoms with Crippen molar-refractivity contribution in [1.82, 2.24) is 0 Å². The summed E-state index contributed by atoms with van der Waals surface area (Å²) in [6, 6.07) is 64.5. The summed E-state index contributed by atoms with van der Waals surface area (Å²) in [5.74, 6) is 0. The monoisotopic (exact) mass is 659 g/mol. The molecule has 0 bridgehead atoms. The molecule has 2 heterocycles. The Bertz CT molecular complexity index is 2660. The highest BCUT2D eigenvalue weighted by molar-refractivity contribution is 7.26. The van der Waals surface area contributed by atoms with Gasteiger partial charge in [0.1, 0.15) is 0 Å². The van der Waals surface area contributed by atoms with Gasteiger partial charge in [-0.1, -0.05) is 103 Å². The molecule has 0 saturated heterocycles. The van der Waals surface area contributed by atoms with E-state index >= 15 is 0 Å². The second kappa shape index (κ2) is 11.5. The first-order valence-corrected chi connectivity index (χ1v) is 18.2. The number of thiophene rings is 2. The maximum absolute atomic E-state index is 2.37. The second-order valence-electron chi connectivity index (χ2n) is 12.6. The molecule has 2 aromatic heterocycles. The Morgan fingerprint density at radius 1 is 0.286 bits per heavy atom. The Labute approximate surface area is 292 Å². The number of hydrogen-bond acceptors (Lipinski definition) is 3. The zero-order valence-electron chi connectivity index (χ0n) is 26.5. The molecular weight excluding hydrogens is 631 g/mol. The Morgan fingerprint density at radius 3 is 1.27 bits per heavy atom. The van der Waals surface area contributed by atoms with E-state index in [0.717, 1.165) is 17.1 Å². The van der Waals surface area contributed by atoms with Crippen molar-refractivity contribution in [3.8, 4) is 22.3 Å². The fourth-order valence-corrected chi connectivity index (χ4v) is 9.35. The van der Waals surface area contributed by atoms with Gasteiger partial charge in [0.15, 0.2) is 0 Å². The summed E-state index contributed by atoms with van der Waals surface area (Å²) in [7, 11) is 0. The van der Waals surface area contributed by atoms with Gasteiger partial charge < -0.3 is 4.90 Å². The molecule has 10 rings (SSSR count). The molecule has 0 aliphatic heterocycles. The van der Waals surface area contributed by atoms with Crippen LogP contribution in [-0.2, 0) is 0 Å². The van der Waals surface area contributed by atoms with Gasteiger partial charge in [-0.3, -0.25) is 0 Å². The maximum atomic E-state index is 2.37. The lowest BCUT2D eigenvalue weighted by atomic mass is 10.0. The van der Waals surface area contributed by atoms with Gasteiger partial charge >= 0.3 is 0 Å². The molecule has 8 aromatic carbocycles. The number of fused-ring (bicyclic) bond motifs is 7. The smallest absolute Gasteiger partial charge is 0.0468 e. The molecule has 0 aliphatic carbocycles. The van der Waals surface area contributed by atoms with Gasteiger partial charge in [-0.05, 0) is 106 Å². The lowest BCUT2D eigenvalue weighted by Gasteiger charge is -2.26. The Balaban J connectivity index is 1.04. The molecule has 0 N–H and O–H groups in total. The zero-order chi connectivity index (χ0) is 32.3. The molecule has 1 nitrogen and oxygen atoms in total. The Hall–Kier alpha value is -5.74. The SMILES string of the molecule is c1ccc2cc(N(c3ccc(-c4ccc5sc6ccccc6c5c4)cc3)c3ccc(-c4ccc5sc6ccccc6c5c4)cc3)ccc2c1. The van der Waals surface area contributed by atoms with Crippen molar-refractivity contribution in [1.29, 1.82) is 0 Å². The second-order valence-corrected chi connectivity index (χ2v) is 14.7. The van der Waals surface area contributed by atoms with Crippen molar-refractivity contribution < 1.29 is 0 Å². The van der Waals surface area contributed by atoms with E-state index in [1.54, 1.807) is 0 Å². The molecule has 10 aromatic rings. The van der Waals surface area contributed by atoms with Crippen molar-refractivity contribution in [2.45, 2.75) is 0 Å². The first-order chi connectivity index (χ1) is 24.2. The van der Waals surface area contributed by atoms with E-state index in [2.05, 4.69) is 181 Å². The molecule has 0 spiro atoms. The van der Waals surface area contributed by atoms with Gasteiger partial charge in [0.25, 0.3) is 0 Å². The minimum atomic E-state index is 1.13. The Morgan fingerprint density at radius 2 is 0.714 bits per heavy atom.